The predicted octanol–water partition coefficient (Wildman–Crippen LogP) is 3.46. The molecule has 2 heterocycles. The second-order valence-corrected chi connectivity index (χ2v) is 7.88. The fraction of sp³-hybridized carbons (Fsp3) is 0.318. The van der Waals surface area contributed by atoms with Gasteiger partial charge in [0.25, 0.3) is 5.91 Å². The maximum absolute atomic E-state index is 13.2. The number of H-pyrrole nitrogens is 1. The van der Waals surface area contributed by atoms with E-state index in [-0.39, 0.29) is 5.91 Å². The van der Waals surface area contributed by atoms with Gasteiger partial charge < -0.3 is 14.5 Å². The molecule has 1 N–H and O–H groups in total. The highest BCUT2D eigenvalue weighted by atomic mass is 32.2. The molecular weight excluding hydrogens is 398 g/mol. The molecule has 0 radical (unpaired) electrons. The number of nitrogens with zero attached hydrogens (tertiary/aromatic N) is 4. The molecule has 1 fully saturated rings. The smallest absolute Gasteiger partial charge is 0.254 e. The predicted molar refractivity (Wildman–Crippen MR) is 118 cm³/mol. The van der Waals surface area contributed by atoms with Crippen molar-refractivity contribution in [1.82, 2.24) is 20.1 Å². The molecule has 1 amide bonds. The Morgan fingerprint density at radius 1 is 1.10 bits per heavy atom. The van der Waals surface area contributed by atoms with Crippen LogP contribution in [0, 0.1) is 0 Å². The van der Waals surface area contributed by atoms with Crippen LogP contribution in [-0.4, -0.2) is 58.8 Å². The number of ether oxygens (including phenoxy) is 1. The van der Waals surface area contributed by atoms with E-state index in [2.05, 4.69) is 26.1 Å². The van der Waals surface area contributed by atoms with E-state index in [0.29, 0.717) is 25.4 Å². The summed E-state index contributed by atoms with van der Waals surface area (Å²) in [6.45, 7) is 5.56. The number of amides is 1. The Morgan fingerprint density at radius 3 is 2.63 bits per heavy atom. The average Bonchev–Trinajstić information content (AvgIpc) is 3.32. The number of para-hydroxylation sites is 2. The summed E-state index contributed by atoms with van der Waals surface area (Å²) < 4.78 is 5.77. The maximum Gasteiger partial charge on any atom is 0.254 e. The molecular formula is C22H25N5O2S. The molecule has 30 heavy (non-hydrogen) atoms. The third-order valence-electron chi connectivity index (χ3n) is 5.08. The van der Waals surface area contributed by atoms with Gasteiger partial charge in [-0.2, -0.15) is 5.10 Å². The normalized spacial score (nSPS) is 14.0. The minimum Gasteiger partial charge on any atom is -0.492 e. The first-order valence-electron chi connectivity index (χ1n) is 10.1. The highest BCUT2D eigenvalue weighted by Crippen LogP contribution is 2.29. The molecule has 0 bridgehead atoms. The van der Waals surface area contributed by atoms with Gasteiger partial charge >= 0.3 is 0 Å². The molecule has 1 aromatic heterocycles. The lowest BCUT2D eigenvalue weighted by molar-refractivity contribution is 0.0746. The van der Waals surface area contributed by atoms with Gasteiger partial charge in [-0.15, -0.1) is 0 Å². The average molecular weight is 424 g/mol. The summed E-state index contributed by atoms with van der Waals surface area (Å²) in [5, 5.41) is 7.46. The topological polar surface area (TPSA) is 74.3 Å². The van der Waals surface area contributed by atoms with Gasteiger partial charge in [0.05, 0.1) is 12.3 Å². The Hall–Kier alpha value is -3.00. The van der Waals surface area contributed by atoms with E-state index in [4.69, 9.17) is 4.74 Å². The zero-order chi connectivity index (χ0) is 20.8. The fourth-order valence-electron chi connectivity index (χ4n) is 3.58. The zero-order valence-electron chi connectivity index (χ0n) is 17.0. The summed E-state index contributed by atoms with van der Waals surface area (Å²) in [6, 6.07) is 15.9. The Kier molecular flexibility index (Phi) is 6.53. The van der Waals surface area contributed by atoms with Crippen LogP contribution < -0.4 is 9.64 Å². The largest absolute Gasteiger partial charge is 0.492 e. The van der Waals surface area contributed by atoms with Gasteiger partial charge in [-0.3, -0.25) is 9.89 Å². The highest BCUT2D eigenvalue weighted by Gasteiger charge is 2.25. The molecule has 0 spiro atoms. The molecule has 0 atom stereocenters. The molecule has 4 rings (SSSR count). The number of carbonyl (C=O) groups is 1. The van der Waals surface area contributed by atoms with E-state index in [0.717, 1.165) is 40.8 Å². The highest BCUT2D eigenvalue weighted by molar-refractivity contribution is 7.98. The Labute approximate surface area is 180 Å². The monoisotopic (exact) mass is 423 g/mol. The Morgan fingerprint density at radius 2 is 1.87 bits per heavy atom. The van der Waals surface area contributed by atoms with Crippen molar-refractivity contribution in [2.75, 3.05) is 37.7 Å². The lowest BCUT2D eigenvalue weighted by Gasteiger charge is -2.37. The summed E-state index contributed by atoms with van der Waals surface area (Å²) >= 11 is 1.54. The van der Waals surface area contributed by atoms with E-state index < -0.39 is 0 Å². The van der Waals surface area contributed by atoms with Crippen LogP contribution in [-0.2, 0) is 5.75 Å². The standard InChI is InChI=1S/C22H25N5O2S/c1-2-29-20-10-6-5-9-19(20)26-11-13-27(14-12-26)21(28)18-8-4-3-7-17(18)15-30-22-23-16-24-25-22/h3-10,16H,2,11-15H2,1H3,(H,23,24,25). The van der Waals surface area contributed by atoms with E-state index in [1.165, 1.54) is 6.33 Å². The molecule has 0 aliphatic carbocycles. The fourth-order valence-corrected chi connectivity index (χ4v) is 4.36. The third kappa shape index (κ3) is 4.59. The summed E-state index contributed by atoms with van der Waals surface area (Å²) in [5.74, 6) is 1.65. The Balaban J connectivity index is 1.41. The van der Waals surface area contributed by atoms with E-state index in [1.54, 1.807) is 11.8 Å². The van der Waals surface area contributed by atoms with Crippen molar-refractivity contribution in [1.29, 1.82) is 0 Å². The van der Waals surface area contributed by atoms with Gasteiger partial charge in [-0.05, 0) is 30.7 Å². The number of aromatic amines is 1. The van der Waals surface area contributed by atoms with Gasteiger partial charge in [-0.25, -0.2) is 4.98 Å². The number of piperazine rings is 1. The molecule has 1 aliphatic rings. The lowest BCUT2D eigenvalue weighted by Crippen LogP contribution is -2.49. The summed E-state index contributed by atoms with van der Waals surface area (Å²) in [5.41, 5.74) is 2.86. The van der Waals surface area contributed by atoms with Gasteiger partial charge in [-0.1, -0.05) is 42.1 Å². The summed E-state index contributed by atoms with van der Waals surface area (Å²) in [4.78, 5) is 21.6. The summed E-state index contributed by atoms with van der Waals surface area (Å²) in [6.07, 6.45) is 1.49. The number of anilines is 1. The first-order valence-corrected chi connectivity index (χ1v) is 11.1. The molecule has 0 saturated carbocycles. The van der Waals surface area contributed by atoms with Gasteiger partial charge in [0.2, 0.25) is 0 Å². The van der Waals surface area contributed by atoms with Gasteiger partial charge in [0.1, 0.15) is 12.1 Å². The number of hydrogen-bond acceptors (Lipinski definition) is 6. The summed E-state index contributed by atoms with van der Waals surface area (Å²) in [7, 11) is 0. The van der Waals surface area contributed by atoms with Crippen molar-refractivity contribution in [3.8, 4) is 5.75 Å². The van der Waals surface area contributed by atoms with Crippen molar-refractivity contribution in [3.05, 3.63) is 66.0 Å². The van der Waals surface area contributed by atoms with Crippen LogP contribution in [0.3, 0.4) is 0 Å². The number of thioether (sulfide) groups is 1. The van der Waals surface area contributed by atoms with Crippen LogP contribution in [0.15, 0.2) is 60.0 Å². The van der Waals surface area contributed by atoms with Crippen LogP contribution >= 0.6 is 11.8 Å². The maximum atomic E-state index is 13.2. The van der Waals surface area contributed by atoms with E-state index in [9.17, 15) is 4.79 Å². The molecule has 1 saturated heterocycles. The van der Waals surface area contributed by atoms with Crippen LogP contribution in [0.25, 0.3) is 0 Å². The number of hydrogen-bond donors (Lipinski definition) is 1. The SMILES string of the molecule is CCOc1ccccc1N1CCN(C(=O)c2ccccc2CSc2ncn[nH]2)CC1. The van der Waals surface area contributed by atoms with Crippen molar-refractivity contribution >= 4 is 23.4 Å². The van der Waals surface area contributed by atoms with Gasteiger partial charge in [0.15, 0.2) is 5.16 Å². The Bertz CT molecular complexity index is 971. The zero-order valence-corrected chi connectivity index (χ0v) is 17.8. The number of nitrogens with one attached hydrogen (secondary N) is 1. The minimum atomic E-state index is 0.0847. The molecule has 8 heteroatoms. The lowest BCUT2D eigenvalue weighted by atomic mass is 10.1. The molecule has 7 nitrogen and oxygen atoms in total. The number of carbonyl (C=O) groups excluding carboxylic acids is 1. The van der Waals surface area contributed by atoms with Crippen molar-refractivity contribution < 1.29 is 9.53 Å². The van der Waals surface area contributed by atoms with E-state index in [1.807, 2.05) is 54.3 Å². The van der Waals surface area contributed by atoms with Crippen LogP contribution in [0.4, 0.5) is 5.69 Å². The van der Waals surface area contributed by atoms with Crippen LogP contribution in [0.2, 0.25) is 0 Å². The van der Waals surface area contributed by atoms with Crippen molar-refractivity contribution in [2.24, 2.45) is 0 Å². The van der Waals surface area contributed by atoms with Gasteiger partial charge in [0, 0.05) is 37.5 Å². The molecule has 3 aromatic rings. The van der Waals surface area contributed by atoms with Crippen molar-refractivity contribution in [3.63, 3.8) is 0 Å². The molecule has 156 valence electrons. The first kappa shape index (κ1) is 20.3. The number of benzene rings is 2. The van der Waals surface area contributed by atoms with Crippen LogP contribution in [0.1, 0.15) is 22.8 Å². The molecule has 1 aliphatic heterocycles. The molecule has 2 aromatic carbocycles. The second kappa shape index (κ2) is 9.67. The second-order valence-electron chi connectivity index (χ2n) is 6.92. The first-order chi connectivity index (χ1) is 14.8. The minimum absolute atomic E-state index is 0.0847. The van der Waals surface area contributed by atoms with E-state index >= 15 is 0 Å². The number of aromatic nitrogens is 3. The number of rotatable bonds is 7. The van der Waals surface area contributed by atoms with Crippen molar-refractivity contribution in [2.45, 2.75) is 17.8 Å². The van der Waals surface area contributed by atoms with Crippen LogP contribution in [0.5, 0.6) is 5.75 Å². The third-order valence-corrected chi connectivity index (χ3v) is 6.00. The quantitative estimate of drug-likeness (QED) is 0.587. The molecule has 0 unspecified atom stereocenters.